The molecule has 3 aromatic rings. The number of ketones is 1. The zero-order chi connectivity index (χ0) is 24.9. The number of anilines is 2. The van der Waals surface area contributed by atoms with Crippen LogP contribution < -0.4 is 14.9 Å². The molecule has 0 radical (unpaired) electrons. The molecule has 1 aromatic heterocycles. The van der Waals surface area contributed by atoms with Crippen LogP contribution in [0.15, 0.2) is 77.7 Å². The normalized spacial score (nSPS) is 19.8. The second-order valence-electron chi connectivity index (χ2n) is 9.55. The molecule has 0 saturated carbocycles. The molecule has 5 nitrogen and oxygen atoms in total. The van der Waals surface area contributed by atoms with Crippen LogP contribution in [0.4, 0.5) is 10.4 Å². The van der Waals surface area contributed by atoms with E-state index < -0.39 is 5.92 Å². The first-order valence-electron chi connectivity index (χ1n) is 12.1. The van der Waals surface area contributed by atoms with Crippen LogP contribution in [-0.4, -0.2) is 45.4 Å². The number of Topliss-reactive ketones (excluding diaryl/α,β-unsaturated/α-hetero) is 1. The van der Waals surface area contributed by atoms with Gasteiger partial charge in [0.1, 0.15) is 0 Å². The van der Waals surface area contributed by atoms with Crippen molar-refractivity contribution >= 4 is 30.7 Å². The number of benzene rings is 2. The van der Waals surface area contributed by atoms with Crippen molar-refractivity contribution in [3.8, 4) is 11.3 Å². The maximum absolute atomic E-state index is 13.5. The van der Waals surface area contributed by atoms with Gasteiger partial charge in [0, 0.05) is 0 Å². The number of aromatic nitrogens is 1. The first-order valence-corrected chi connectivity index (χ1v) is 13.8. The van der Waals surface area contributed by atoms with Crippen molar-refractivity contribution in [3.63, 3.8) is 0 Å². The summed E-state index contributed by atoms with van der Waals surface area (Å²) in [6.07, 6.45) is 1.83. The van der Waals surface area contributed by atoms with Crippen molar-refractivity contribution < 1.29 is 9.90 Å². The van der Waals surface area contributed by atoms with Crippen LogP contribution in [-0.2, 0) is 10.2 Å². The summed E-state index contributed by atoms with van der Waals surface area (Å²) in [7, 11) is 2.01. The van der Waals surface area contributed by atoms with Crippen LogP contribution in [0.2, 0.25) is 0 Å². The number of rotatable bonds is 6. The Morgan fingerprint density at radius 3 is 2.37 bits per heavy atom. The number of hydrogen-bond acceptors (Lipinski definition) is 5. The number of carbonyl (C=O) groups is 1. The van der Waals surface area contributed by atoms with Crippen LogP contribution in [0.1, 0.15) is 43.6 Å². The molecule has 1 unspecified atom stereocenters. The Kier molecular flexibility index (Phi) is 5.98. The predicted octanol–water partition coefficient (Wildman–Crippen LogP) is 4.24. The summed E-state index contributed by atoms with van der Waals surface area (Å²) in [6, 6.07) is 18.2. The molecule has 2 aliphatic rings. The second-order valence-corrected chi connectivity index (χ2v) is 11.7. The van der Waals surface area contributed by atoms with Crippen molar-refractivity contribution in [3.05, 3.63) is 87.7 Å². The van der Waals surface area contributed by atoms with Gasteiger partial charge in [0.05, 0.1) is 0 Å². The number of nitrogens with zero attached hydrogens (tertiary/aromatic N) is 3. The van der Waals surface area contributed by atoms with Crippen molar-refractivity contribution in [2.24, 2.45) is 0 Å². The van der Waals surface area contributed by atoms with E-state index in [9.17, 15) is 9.90 Å². The van der Waals surface area contributed by atoms with E-state index in [1.165, 1.54) is 5.56 Å². The topological polar surface area (TPSA) is 59.5 Å². The van der Waals surface area contributed by atoms with Crippen LogP contribution in [0.3, 0.4) is 0 Å². The van der Waals surface area contributed by atoms with Crippen molar-refractivity contribution in [1.82, 2.24) is 4.98 Å². The maximum atomic E-state index is 13.5. The number of carbonyl (C=O) groups excluding carboxylic acids is 1. The molecule has 2 heterocycles. The molecule has 0 amide bonds. The van der Waals surface area contributed by atoms with Crippen LogP contribution in [0.5, 0.6) is 0 Å². The van der Waals surface area contributed by atoms with E-state index in [4.69, 9.17) is 4.98 Å². The zero-order valence-electron chi connectivity index (χ0n) is 20.8. The van der Waals surface area contributed by atoms with Gasteiger partial charge in [-0.3, -0.25) is 0 Å². The monoisotopic (exact) mass is 532 g/mol. The Morgan fingerprint density at radius 2 is 1.74 bits per heavy atom. The summed E-state index contributed by atoms with van der Waals surface area (Å²) in [4.78, 5) is 22.8. The fourth-order valence-electron chi connectivity index (χ4n) is 5.20. The van der Waals surface area contributed by atoms with Crippen LogP contribution >= 0.6 is 0 Å². The number of para-hydroxylation sites is 1. The number of likely N-dealkylation sites (N-methyl/N-ethyl adjacent to an activating group) is 1. The first kappa shape index (κ1) is 23.7. The van der Waals surface area contributed by atoms with E-state index in [1.807, 2.05) is 55.6 Å². The predicted molar refractivity (Wildman–Crippen MR) is 141 cm³/mol. The van der Waals surface area contributed by atoms with Gasteiger partial charge in [-0.25, -0.2) is 0 Å². The van der Waals surface area contributed by atoms with Gasteiger partial charge in [0.2, 0.25) is 0 Å². The summed E-state index contributed by atoms with van der Waals surface area (Å²) in [5, 5.41) is 13.5. The average Bonchev–Trinajstić information content (AvgIpc) is 3.36. The molecule has 0 N–H and O–H groups in total. The second kappa shape index (κ2) is 8.85. The van der Waals surface area contributed by atoms with E-state index in [0.29, 0.717) is 5.57 Å². The van der Waals surface area contributed by atoms with Gasteiger partial charge in [-0.05, 0) is 0 Å². The summed E-state index contributed by atoms with van der Waals surface area (Å²) in [5.74, 6) is -0.876. The van der Waals surface area contributed by atoms with Gasteiger partial charge in [-0.1, -0.05) is 0 Å². The third-order valence-corrected chi connectivity index (χ3v) is 9.74. The first-order chi connectivity index (χ1) is 16.8. The van der Waals surface area contributed by atoms with Gasteiger partial charge in [0.25, 0.3) is 0 Å². The Labute approximate surface area is 213 Å². The average molecular weight is 532 g/mol. The van der Waals surface area contributed by atoms with Crippen LogP contribution in [0.25, 0.3) is 11.3 Å². The van der Waals surface area contributed by atoms with Crippen molar-refractivity contribution in [2.75, 3.05) is 29.9 Å². The van der Waals surface area contributed by atoms with Gasteiger partial charge in [-0.15, -0.1) is 0 Å². The van der Waals surface area contributed by atoms with Crippen LogP contribution in [0, 0.1) is 0 Å². The molecule has 6 heteroatoms. The molecule has 0 saturated heterocycles. The van der Waals surface area contributed by atoms with E-state index in [2.05, 4.69) is 49.6 Å². The summed E-state index contributed by atoms with van der Waals surface area (Å²) < 4.78 is 1.89. The molecule has 35 heavy (non-hydrogen) atoms. The van der Waals surface area contributed by atoms with Gasteiger partial charge in [-0.2, -0.15) is 0 Å². The summed E-state index contributed by atoms with van der Waals surface area (Å²) >= 11 is -0.161. The number of allylic oxidation sites excluding steroid dienone is 4. The molecule has 1 aliphatic carbocycles. The number of hydrogen-bond donors (Lipinski definition) is 0. The fourth-order valence-corrected chi connectivity index (χ4v) is 7.95. The quantitative estimate of drug-likeness (QED) is 0.446. The molecular weight excluding hydrogens is 501 g/mol. The Bertz CT molecular complexity index is 1350. The molecule has 1 aliphatic heterocycles. The van der Waals surface area contributed by atoms with E-state index in [1.54, 1.807) is 0 Å². The SMILES string of the molecule is CCN(CC)c1nc(-c2ccccc2)c(C2C(=O)C(/C=C3\N(C)c4ccccc4C3(C)C)=C2[O-])[se]1. The molecular formula is C29H30N3O2Se-. The van der Waals surface area contributed by atoms with Gasteiger partial charge in [0.15, 0.2) is 0 Å². The summed E-state index contributed by atoms with van der Waals surface area (Å²) in [5.41, 5.74) is 5.09. The van der Waals surface area contributed by atoms with Crippen molar-refractivity contribution in [2.45, 2.75) is 39.0 Å². The molecule has 0 bridgehead atoms. The Morgan fingerprint density at radius 1 is 1.09 bits per heavy atom. The third kappa shape index (κ3) is 3.67. The van der Waals surface area contributed by atoms with Gasteiger partial charge < -0.3 is 0 Å². The Hall–Kier alpha value is -3.08. The van der Waals surface area contributed by atoms with E-state index >= 15 is 0 Å². The Balaban J connectivity index is 1.57. The molecule has 180 valence electrons. The van der Waals surface area contributed by atoms with E-state index in [0.717, 1.165) is 44.9 Å². The third-order valence-electron chi connectivity index (χ3n) is 7.26. The number of fused-ring (bicyclic) bond motifs is 1. The fraction of sp³-hybridized carbons (Fsp3) is 0.310. The molecule has 5 rings (SSSR count). The molecule has 1 atom stereocenters. The zero-order valence-corrected chi connectivity index (χ0v) is 22.5. The summed E-state index contributed by atoms with van der Waals surface area (Å²) in [6.45, 7) is 10.2. The van der Waals surface area contributed by atoms with E-state index in [-0.39, 0.29) is 31.5 Å². The molecule has 0 fully saturated rings. The minimum absolute atomic E-state index is 0.0797. The molecule has 0 spiro atoms. The van der Waals surface area contributed by atoms with Gasteiger partial charge >= 0.3 is 213 Å². The van der Waals surface area contributed by atoms with Crippen molar-refractivity contribution in [1.29, 1.82) is 0 Å². The molecule has 2 aromatic carbocycles. The standard InChI is InChI=1S/C29H31N3O2Se/c1-6-32(7-2)28-30-24(18-13-9-8-10-14-18)27(35-28)23-25(33)19(26(23)34)17-22-29(3,4)20-15-11-12-16-21(20)31(22)5/h8-17,23,33H,6-7H2,1-5H3/p-1/b22-17-. The minimum atomic E-state index is -0.717.